The number of anilines is 1. The van der Waals surface area contributed by atoms with Gasteiger partial charge in [-0.05, 0) is 63.3 Å². The van der Waals surface area contributed by atoms with Gasteiger partial charge in [-0.2, -0.15) is 0 Å². The third-order valence-electron chi connectivity index (χ3n) is 7.18. The average molecular weight is 415 g/mol. The van der Waals surface area contributed by atoms with Crippen molar-refractivity contribution in [3.05, 3.63) is 76.0 Å². The molecule has 3 heterocycles. The number of fused-ring (bicyclic) bond motifs is 3. The molecule has 31 heavy (non-hydrogen) atoms. The highest BCUT2D eigenvalue weighted by molar-refractivity contribution is 5.70. The molecular formula is C27H34N4. The van der Waals surface area contributed by atoms with Gasteiger partial charge in [0.05, 0.1) is 29.0 Å². The fourth-order valence-corrected chi connectivity index (χ4v) is 6.00. The summed E-state index contributed by atoms with van der Waals surface area (Å²) in [5, 5.41) is 3.77. The van der Waals surface area contributed by atoms with Crippen molar-refractivity contribution in [3.63, 3.8) is 0 Å². The molecule has 2 unspecified atom stereocenters. The van der Waals surface area contributed by atoms with Gasteiger partial charge in [0.1, 0.15) is 5.82 Å². The molecule has 4 nitrogen and oxygen atoms in total. The topological polar surface area (TPSA) is 41.1 Å². The summed E-state index contributed by atoms with van der Waals surface area (Å²) in [7, 11) is 0. The first-order valence-corrected chi connectivity index (χ1v) is 11.8. The normalized spacial score (nSPS) is 22.3. The zero-order valence-corrected chi connectivity index (χ0v) is 19.3. The maximum absolute atomic E-state index is 5.05. The van der Waals surface area contributed by atoms with Crippen LogP contribution in [0.1, 0.15) is 71.1 Å². The lowest BCUT2D eigenvalue weighted by Gasteiger charge is -2.28. The molecule has 4 heteroatoms. The largest absolute Gasteiger partial charge is 0.337 e. The maximum Gasteiger partial charge on any atom is 0.125 e. The van der Waals surface area contributed by atoms with Gasteiger partial charge in [-0.15, -0.1) is 0 Å². The number of hydrogen-bond donors (Lipinski definition) is 1. The number of allylic oxidation sites excluding steroid dienone is 2. The van der Waals surface area contributed by atoms with Gasteiger partial charge in [0.2, 0.25) is 0 Å². The lowest BCUT2D eigenvalue weighted by atomic mass is 9.83. The van der Waals surface area contributed by atoms with Crippen LogP contribution < -0.4 is 10.2 Å². The van der Waals surface area contributed by atoms with Gasteiger partial charge in [0.15, 0.2) is 0 Å². The number of aromatic nitrogens is 2. The Kier molecular flexibility index (Phi) is 5.43. The zero-order valence-electron chi connectivity index (χ0n) is 19.3. The summed E-state index contributed by atoms with van der Waals surface area (Å²) in [4.78, 5) is 12.4. The Hall–Kier alpha value is -2.46. The van der Waals surface area contributed by atoms with E-state index in [4.69, 9.17) is 9.97 Å². The van der Waals surface area contributed by atoms with Crippen LogP contribution in [0.3, 0.4) is 0 Å². The smallest absolute Gasteiger partial charge is 0.125 e. The fourth-order valence-electron chi connectivity index (χ4n) is 6.00. The molecule has 1 aliphatic carbocycles. The Bertz CT molecular complexity index is 1020. The van der Waals surface area contributed by atoms with E-state index in [9.17, 15) is 0 Å². The van der Waals surface area contributed by atoms with E-state index in [-0.39, 0.29) is 12.0 Å². The molecule has 3 aliphatic rings. The molecule has 1 aromatic heterocycles. The Balaban J connectivity index is 1.55. The molecule has 1 fully saturated rings. The third-order valence-corrected chi connectivity index (χ3v) is 7.18. The lowest BCUT2D eigenvalue weighted by Crippen LogP contribution is -2.31. The number of hydrogen-bond acceptors (Lipinski definition) is 4. The minimum atomic E-state index is 0.236. The van der Waals surface area contributed by atoms with Crippen molar-refractivity contribution in [2.75, 3.05) is 11.4 Å². The summed E-state index contributed by atoms with van der Waals surface area (Å²) < 4.78 is 0. The van der Waals surface area contributed by atoms with E-state index in [0.717, 1.165) is 18.8 Å². The van der Waals surface area contributed by atoms with Crippen molar-refractivity contribution in [1.29, 1.82) is 0 Å². The van der Waals surface area contributed by atoms with Gasteiger partial charge in [-0.3, -0.25) is 0 Å². The second-order valence-corrected chi connectivity index (χ2v) is 9.55. The molecular weight excluding hydrogens is 380 g/mol. The summed E-state index contributed by atoms with van der Waals surface area (Å²) in [5.74, 6) is 1.12. The molecule has 1 saturated carbocycles. The van der Waals surface area contributed by atoms with Gasteiger partial charge < -0.3 is 10.2 Å². The predicted octanol–water partition coefficient (Wildman–Crippen LogP) is 5.19. The molecule has 2 atom stereocenters. The highest BCUT2D eigenvalue weighted by atomic mass is 15.2. The first-order chi connectivity index (χ1) is 15.0. The second kappa shape index (κ2) is 8.23. The van der Waals surface area contributed by atoms with Crippen molar-refractivity contribution < 1.29 is 0 Å². The summed E-state index contributed by atoms with van der Waals surface area (Å²) in [6.45, 7) is 9.71. The number of nitrogens with one attached hydrogen (secondary N) is 1. The Labute approximate surface area is 186 Å². The first kappa shape index (κ1) is 20.4. The van der Waals surface area contributed by atoms with Crippen LogP contribution in [0.15, 0.2) is 36.6 Å². The van der Waals surface area contributed by atoms with E-state index in [0.29, 0.717) is 6.04 Å². The van der Waals surface area contributed by atoms with Crippen LogP contribution in [-0.4, -0.2) is 28.6 Å². The molecule has 1 aromatic carbocycles. The fraction of sp³-hybridized carbons (Fsp3) is 0.481. The predicted molar refractivity (Wildman–Crippen MR) is 128 cm³/mol. The number of rotatable bonds is 5. The van der Waals surface area contributed by atoms with E-state index in [1.807, 2.05) is 6.92 Å². The summed E-state index contributed by atoms with van der Waals surface area (Å²) in [6, 6.07) is 5.58. The van der Waals surface area contributed by atoms with Gasteiger partial charge in [0, 0.05) is 25.2 Å². The molecule has 162 valence electrons. The van der Waals surface area contributed by atoms with Gasteiger partial charge in [0.25, 0.3) is 0 Å². The minimum Gasteiger partial charge on any atom is -0.337 e. The summed E-state index contributed by atoms with van der Waals surface area (Å²) >= 11 is 0. The van der Waals surface area contributed by atoms with Crippen LogP contribution in [0.2, 0.25) is 0 Å². The number of nitrogens with zero attached hydrogens (tertiary/aromatic N) is 3. The molecule has 2 aliphatic heterocycles. The third kappa shape index (κ3) is 3.71. The van der Waals surface area contributed by atoms with E-state index < -0.39 is 0 Å². The van der Waals surface area contributed by atoms with Crippen LogP contribution in [0.5, 0.6) is 0 Å². The first-order valence-electron chi connectivity index (χ1n) is 11.8. The molecule has 0 radical (unpaired) electrons. The van der Waals surface area contributed by atoms with Crippen LogP contribution in [0, 0.1) is 27.7 Å². The SMILES string of the molecule is Cc1cc(C)c(C2c3nc(C)nc(CCNC4CCCC4)c3N3C=CC=CC23)c(C)c1. The zero-order chi connectivity index (χ0) is 21.5. The second-order valence-electron chi connectivity index (χ2n) is 9.55. The number of benzene rings is 1. The molecule has 2 aromatic rings. The van der Waals surface area contributed by atoms with Crippen molar-refractivity contribution in [2.45, 2.75) is 77.8 Å². The van der Waals surface area contributed by atoms with Gasteiger partial charge in [-0.25, -0.2) is 9.97 Å². The van der Waals surface area contributed by atoms with Crippen LogP contribution in [-0.2, 0) is 6.42 Å². The van der Waals surface area contributed by atoms with Crippen molar-refractivity contribution >= 4 is 5.69 Å². The molecule has 0 spiro atoms. The van der Waals surface area contributed by atoms with Crippen LogP contribution in [0.25, 0.3) is 0 Å². The van der Waals surface area contributed by atoms with Gasteiger partial charge in [-0.1, -0.05) is 42.7 Å². The van der Waals surface area contributed by atoms with E-state index >= 15 is 0 Å². The van der Waals surface area contributed by atoms with Crippen LogP contribution in [0.4, 0.5) is 5.69 Å². The van der Waals surface area contributed by atoms with Crippen molar-refractivity contribution in [3.8, 4) is 0 Å². The monoisotopic (exact) mass is 414 g/mol. The lowest BCUT2D eigenvalue weighted by molar-refractivity contribution is 0.525. The summed E-state index contributed by atoms with van der Waals surface area (Å²) in [5.41, 5.74) is 9.08. The molecule has 0 bridgehead atoms. The van der Waals surface area contributed by atoms with E-state index in [2.05, 4.69) is 67.5 Å². The van der Waals surface area contributed by atoms with E-state index in [1.54, 1.807) is 0 Å². The van der Waals surface area contributed by atoms with Crippen molar-refractivity contribution in [2.24, 2.45) is 0 Å². The molecule has 1 N–H and O–H groups in total. The molecule has 0 saturated heterocycles. The molecule has 5 rings (SSSR count). The average Bonchev–Trinajstić information content (AvgIpc) is 3.34. The van der Waals surface area contributed by atoms with Crippen molar-refractivity contribution in [1.82, 2.24) is 15.3 Å². The van der Waals surface area contributed by atoms with Crippen LogP contribution >= 0.6 is 0 Å². The summed E-state index contributed by atoms with van der Waals surface area (Å²) in [6.07, 6.45) is 15.2. The standard InChI is InChI=1S/C27H34N4/c1-17-15-18(2)24(19(3)16-17)25-23-11-7-8-14-31(23)27-22(29-20(4)30-26(25)27)12-13-28-21-9-5-6-10-21/h7-8,11,14-16,21,23,25,28H,5-6,9-10,12-13H2,1-4H3. The Morgan fingerprint density at radius 2 is 1.74 bits per heavy atom. The maximum atomic E-state index is 5.05. The van der Waals surface area contributed by atoms with E-state index in [1.165, 1.54) is 65.0 Å². The quantitative estimate of drug-likeness (QED) is 0.731. The minimum absolute atomic E-state index is 0.236. The van der Waals surface area contributed by atoms with Gasteiger partial charge >= 0.3 is 0 Å². The Morgan fingerprint density at radius 3 is 2.48 bits per heavy atom. The Morgan fingerprint density at radius 1 is 1.00 bits per heavy atom. The molecule has 0 amide bonds. The highest BCUT2D eigenvalue weighted by Crippen LogP contribution is 2.48. The number of aryl methyl sites for hydroxylation is 4. The highest BCUT2D eigenvalue weighted by Gasteiger charge is 2.42.